The van der Waals surface area contributed by atoms with Gasteiger partial charge in [0.05, 0.1) is 4.92 Å². The van der Waals surface area contributed by atoms with Crippen LogP contribution >= 0.6 is 12.4 Å². The zero-order valence-electron chi connectivity index (χ0n) is 14.2. The maximum atomic E-state index is 12.2. The van der Waals surface area contributed by atoms with E-state index in [-0.39, 0.29) is 41.6 Å². The number of nitro benzene ring substituents is 1. The van der Waals surface area contributed by atoms with Crippen LogP contribution in [0.2, 0.25) is 0 Å². The van der Waals surface area contributed by atoms with Gasteiger partial charge in [-0.1, -0.05) is 6.07 Å². The molecule has 2 rings (SSSR count). The predicted octanol–water partition coefficient (Wildman–Crippen LogP) is 1.39. The lowest BCUT2D eigenvalue weighted by Crippen LogP contribution is -2.55. The number of nitrogens with one attached hydrogen (secondary N) is 3. The van der Waals surface area contributed by atoms with Gasteiger partial charge in [0.25, 0.3) is 11.6 Å². The zero-order valence-corrected chi connectivity index (χ0v) is 15.0. The smallest absolute Gasteiger partial charge is 0.270 e. The number of nitro groups is 1. The van der Waals surface area contributed by atoms with Crippen LogP contribution in [0.3, 0.4) is 0 Å². The van der Waals surface area contributed by atoms with Crippen LogP contribution in [-0.4, -0.2) is 41.4 Å². The summed E-state index contributed by atoms with van der Waals surface area (Å²) >= 11 is 0. The topological polar surface area (TPSA) is 113 Å². The average molecular weight is 371 g/mol. The van der Waals surface area contributed by atoms with Gasteiger partial charge in [0.2, 0.25) is 5.91 Å². The third-order valence-electron chi connectivity index (χ3n) is 4.15. The van der Waals surface area contributed by atoms with Crippen molar-refractivity contribution in [1.82, 2.24) is 16.0 Å². The van der Waals surface area contributed by atoms with E-state index in [4.69, 9.17) is 0 Å². The quantitative estimate of drug-likeness (QED) is 0.535. The van der Waals surface area contributed by atoms with Gasteiger partial charge in [-0.05, 0) is 39.3 Å². The molecule has 3 N–H and O–H groups in total. The molecule has 0 radical (unpaired) electrons. The lowest BCUT2D eigenvalue weighted by Gasteiger charge is -2.31. The predicted molar refractivity (Wildman–Crippen MR) is 95.9 cm³/mol. The number of carbonyl (C=O) groups excluding carboxylic acids is 2. The van der Waals surface area contributed by atoms with Gasteiger partial charge in [0.1, 0.15) is 6.04 Å². The summed E-state index contributed by atoms with van der Waals surface area (Å²) in [5, 5.41) is 19.6. The molecule has 9 heteroatoms. The van der Waals surface area contributed by atoms with Crippen LogP contribution in [-0.2, 0) is 4.79 Å². The summed E-state index contributed by atoms with van der Waals surface area (Å²) < 4.78 is 0. The number of nitrogens with zero attached hydrogens (tertiary/aromatic N) is 1. The van der Waals surface area contributed by atoms with E-state index >= 15 is 0 Å². The summed E-state index contributed by atoms with van der Waals surface area (Å²) in [5.41, 5.74) is -0.0154. The first-order chi connectivity index (χ1) is 11.4. The molecule has 3 atom stereocenters. The highest BCUT2D eigenvalue weighted by Crippen LogP contribution is 2.13. The molecule has 0 spiro atoms. The van der Waals surface area contributed by atoms with Crippen molar-refractivity contribution in [3.63, 3.8) is 0 Å². The van der Waals surface area contributed by atoms with E-state index in [0.29, 0.717) is 0 Å². The SMILES string of the molecule is CC(NC(=O)c1cccc([N+](=O)[O-])c1)C(=O)NC1CCCNC1C.Cl. The Bertz CT molecular complexity index is 640. The molecule has 1 aromatic carbocycles. The highest BCUT2D eigenvalue weighted by atomic mass is 35.5. The molecular formula is C16H23ClN4O4. The van der Waals surface area contributed by atoms with Gasteiger partial charge in [-0.15, -0.1) is 12.4 Å². The van der Waals surface area contributed by atoms with Crippen LogP contribution in [0.1, 0.15) is 37.0 Å². The molecule has 1 saturated heterocycles. The molecule has 0 aliphatic carbocycles. The number of halogens is 1. The van der Waals surface area contributed by atoms with Gasteiger partial charge in [0.15, 0.2) is 0 Å². The number of non-ortho nitro benzene ring substituents is 1. The van der Waals surface area contributed by atoms with E-state index < -0.39 is 16.9 Å². The molecular weight excluding hydrogens is 348 g/mol. The Morgan fingerprint density at radius 1 is 1.40 bits per heavy atom. The number of rotatable bonds is 5. The van der Waals surface area contributed by atoms with Crippen molar-refractivity contribution in [2.75, 3.05) is 6.54 Å². The molecule has 0 aromatic heterocycles. The van der Waals surface area contributed by atoms with Crippen molar-refractivity contribution in [2.45, 2.75) is 44.8 Å². The van der Waals surface area contributed by atoms with Crippen molar-refractivity contribution >= 4 is 29.9 Å². The molecule has 1 aliphatic heterocycles. The van der Waals surface area contributed by atoms with Crippen molar-refractivity contribution in [1.29, 1.82) is 0 Å². The zero-order chi connectivity index (χ0) is 17.7. The Kier molecular flexibility index (Phi) is 7.79. The Hall–Kier alpha value is -2.19. The van der Waals surface area contributed by atoms with Crippen LogP contribution < -0.4 is 16.0 Å². The number of hydrogen-bond acceptors (Lipinski definition) is 5. The Balaban J connectivity index is 0.00000312. The number of piperidine rings is 1. The van der Waals surface area contributed by atoms with E-state index in [1.54, 1.807) is 6.92 Å². The fraction of sp³-hybridized carbons (Fsp3) is 0.500. The summed E-state index contributed by atoms with van der Waals surface area (Å²) in [7, 11) is 0. The van der Waals surface area contributed by atoms with Crippen molar-refractivity contribution in [3.8, 4) is 0 Å². The van der Waals surface area contributed by atoms with Gasteiger partial charge in [0, 0.05) is 29.8 Å². The largest absolute Gasteiger partial charge is 0.350 e. The van der Waals surface area contributed by atoms with E-state index in [1.807, 2.05) is 6.92 Å². The van der Waals surface area contributed by atoms with E-state index in [2.05, 4.69) is 16.0 Å². The third-order valence-corrected chi connectivity index (χ3v) is 4.15. The van der Waals surface area contributed by atoms with Gasteiger partial charge in [-0.3, -0.25) is 19.7 Å². The van der Waals surface area contributed by atoms with Crippen LogP contribution in [0.4, 0.5) is 5.69 Å². The molecule has 1 fully saturated rings. The molecule has 1 aliphatic rings. The van der Waals surface area contributed by atoms with Gasteiger partial charge < -0.3 is 16.0 Å². The fourth-order valence-electron chi connectivity index (χ4n) is 2.66. The number of hydrogen-bond donors (Lipinski definition) is 3. The standard InChI is InChI=1S/C16H22N4O4.ClH/c1-10-14(7-4-8-17-10)19-15(21)11(2)18-16(22)12-5-3-6-13(9-12)20(23)24;/h3,5-6,9-11,14,17H,4,7-8H2,1-2H3,(H,18,22)(H,19,21);1H. The van der Waals surface area contributed by atoms with Gasteiger partial charge >= 0.3 is 0 Å². The van der Waals surface area contributed by atoms with Crippen molar-refractivity contribution < 1.29 is 14.5 Å². The molecule has 25 heavy (non-hydrogen) atoms. The minimum Gasteiger partial charge on any atom is -0.350 e. The molecule has 8 nitrogen and oxygen atoms in total. The van der Waals surface area contributed by atoms with Crippen molar-refractivity contribution in [3.05, 3.63) is 39.9 Å². The molecule has 0 bridgehead atoms. The third kappa shape index (κ3) is 5.68. The summed E-state index contributed by atoms with van der Waals surface area (Å²) in [6, 6.07) is 4.89. The van der Waals surface area contributed by atoms with Crippen molar-refractivity contribution in [2.24, 2.45) is 0 Å². The second-order valence-electron chi connectivity index (χ2n) is 6.00. The molecule has 0 saturated carbocycles. The molecule has 138 valence electrons. The van der Waals surface area contributed by atoms with Gasteiger partial charge in [-0.2, -0.15) is 0 Å². The number of amides is 2. The van der Waals surface area contributed by atoms with E-state index in [9.17, 15) is 19.7 Å². The first kappa shape index (κ1) is 20.9. The van der Waals surface area contributed by atoms with Crippen LogP contribution in [0.15, 0.2) is 24.3 Å². The van der Waals surface area contributed by atoms with E-state index in [1.165, 1.54) is 24.3 Å². The highest BCUT2D eigenvalue weighted by Gasteiger charge is 2.25. The molecule has 2 amide bonds. The Morgan fingerprint density at radius 2 is 2.12 bits per heavy atom. The average Bonchev–Trinajstić information content (AvgIpc) is 2.56. The minimum absolute atomic E-state index is 0. The van der Waals surface area contributed by atoms with Gasteiger partial charge in [-0.25, -0.2) is 0 Å². The van der Waals surface area contributed by atoms with Crippen LogP contribution in [0.5, 0.6) is 0 Å². The Labute approximate surface area is 152 Å². The highest BCUT2D eigenvalue weighted by molar-refractivity contribution is 5.97. The second kappa shape index (κ2) is 9.33. The summed E-state index contributed by atoms with van der Waals surface area (Å²) in [6.07, 6.45) is 1.88. The summed E-state index contributed by atoms with van der Waals surface area (Å²) in [5.74, 6) is -0.787. The first-order valence-corrected chi connectivity index (χ1v) is 7.97. The molecule has 1 aromatic rings. The first-order valence-electron chi connectivity index (χ1n) is 7.97. The number of carbonyl (C=O) groups is 2. The monoisotopic (exact) mass is 370 g/mol. The lowest BCUT2D eigenvalue weighted by molar-refractivity contribution is -0.384. The normalized spacial score (nSPS) is 20.7. The minimum atomic E-state index is -0.731. The fourth-order valence-corrected chi connectivity index (χ4v) is 2.66. The molecule has 3 unspecified atom stereocenters. The van der Waals surface area contributed by atoms with Crippen LogP contribution in [0.25, 0.3) is 0 Å². The summed E-state index contributed by atoms with van der Waals surface area (Å²) in [4.78, 5) is 34.6. The lowest BCUT2D eigenvalue weighted by atomic mass is 9.99. The maximum Gasteiger partial charge on any atom is 0.270 e. The second-order valence-corrected chi connectivity index (χ2v) is 6.00. The Morgan fingerprint density at radius 3 is 2.76 bits per heavy atom. The molecule has 1 heterocycles. The summed E-state index contributed by atoms with van der Waals surface area (Å²) in [6.45, 7) is 4.54. The number of benzene rings is 1. The maximum absolute atomic E-state index is 12.2. The van der Waals surface area contributed by atoms with Crippen LogP contribution in [0, 0.1) is 10.1 Å². The van der Waals surface area contributed by atoms with E-state index in [0.717, 1.165) is 19.4 Å².